The monoisotopic (exact) mass is 257 g/mol. The van der Waals surface area contributed by atoms with Crippen LogP contribution in [0, 0.1) is 17.0 Å². The van der Waals surface area contributed by atoms with Gasteiger partial charge >= 0.3 is 0 Å². The van der Waals surface area contributed by atoms with Gasteiger partial charge < -0.3 is 5.11 Å². The van der Waals surface area contributed by atoms with Crippen LogP contribution in [-0.2, 0) is 0 Å². The minimum absolute atomic E-state index is 0.0355. The molecule has 0 saturated heterocycles. The van der Waals surface area contributed by atoms with Crippen LogP contribution in [0.5, 0.6) is 5.75 Å². The second-order valence-corrected chi connectivity index (χ2v) is 4.12. The number of aromatic hydroxyl groups is 1. The van der Waals surface area contributed by atoms with Crippen LogP contribution in [0.4, 0.5) is 5.69 Å². The number of para-hydroxylation sites is 1. The van der Waals surface area contributed by atoms with Crippen LogP contribution in [-0.4, -0.2) is 15.8 Å². The SMILES string of the molecule is Cc1ccc(C(=O)c2ccccc2[N+](=O)[O-])c(O)c1. The first-order valence-corrected chi connectivity index (χ1v) is 5.58. The Morgan fingerprint density at radius 3 is 2.47 bits per heavy atom. The van der Waals surface area contributed by atoms with E-state index in [9.17, 15) is 20.0 Å². The number of phenolic OH excluding ortho intramolecular Hbond substituents is 1. The van der Waals surface area contributed by atoms with Crippen LogP contribution >= 0.6 is 0 Å². The number of carbonyl (C=O) groups is 1. The molecule has 96 valence electrons. The lowest BCUT2D eigenvalue weighted by Crippen LogP contribution is -2.05. The van der Waals surface area contributed by atoms with Crippen molar-refractivity contribution in [1.82, 2.24) is 0 Å². The number of nitro groups is 1. The average molecular weight is 257 g/mol. The molecule has 0 saturated carbocycles. The fraction of sp³-hybridized carbons (Fsp3) is 0.0714. The van der Waals surface area contributed by atoms with E-state index in [4.69, 9.17) is 0 Å². The van der Waals surface area contributed by atoms with E-state index < -0.39 is 10.7 Å². The number of rotatable bonds is 3. The topological polar surface area (TPSA) is 80.4 Å². The van der Waals surface area contributed by atoms with Crippen molar-refractivity contribution in [2.24, 2.45) is 0 Å². The Labute approximate surface area is 109 Å². The van der Waals surface area contributed by atoms with Gasteiger partial charge in [0.15, 0.2) is 0 Å². The molecule has 0 aliphatic carbocycles. The minimum atomic E-state index is -0.613. The van der Waals surface area contributed by atoms with Gasteiger partial charge in [-0.25, -0.2) is 0 Å². The largest absolute Gasteiger partial charge is 0.507 e. The lowest BCUT2D eigenvalue weighted by atomic mass is 10.00. The van der Waals surface area contributed by atoms with Gasteiger partial charge in [-0.05, 0) is 30.7 Å². The quantitative estimate of drug-likeness (QED) is 0.520. The van der Waals surface area contributed by atoms with Crippen molar-refractivity contribution in [3.05, 3.63) is 69.3 Å². The highest BCUT2D eigenvalue weighted by atomic mass is 16.6. The van der Waals surface area contributed by atoms with Gasteiger partial charge in [0.05, 0.1) is 10.5 Å². The molecule has 0 unspecified atom stereocenters. The first kappa shape index (κ1) is 12.8. The molecule has 2 rings (SSSR count). The molecule has 5 nitrogen and oxygen atoms in total. The normalized spacial score (nSPS) is 10.2. The third-order valence-corrected chi connectivity index (χ3v) is 2.74. The molecular weight excluding hydrogens is 246 g/mol. The molecule has 19 heavy (non-hydrogen) atoms. The Balaban J connectivity index is 2.53. The molecule has 0 amide bonds. The van der Waals surface area contributed by atoms with E-state index in [2.05, 4.69) is 0 Å². The highest BCUT2D eigenvalue weighted by Crippen LogP contribution is 2.26. The molecule has 0 aliphatic rings. The molecule has 5 heteroatoms. The molecule has 0 bridgehead atoms. The fourth-order valence-electron chi connectivity index (χ4n) is 1.80. The molecule has 2 aromatic rings. The van der Waals surface area contributed by atoms with Gasteiger partial charge in [-0.1, -0.05) is 18.2 Å². The Bertz CT molecular complexity index is 664. The van der Waals surface area contributed by atoms with Gasteiger partial charge in [0.25, 0.3) is 5.69 Å². The fourth-order valence-corrected chi connectivity index (χ4v) is 1.80. The number of ketones is 1. The highest BCUT2D eigenvalue weighted by molar-refractivity contribution is 6.13. The molecule has 2 aromatic carbocycles. The maximum atomic E-state index is 12.2. The zero-order valence-electron chi connectivity index (χ0n) is 10.2. The first-order chi connectivity index (χ1) is 9.00. The van der Waals surface area contributed by atoms with E-state index >= 15 is 0 Å². The number of aryl methyl sites for hydroxylation is 1. The Morgan fingerprint density at radius 1 is 1.16 bits per heavy atom. The Morgan fingerprint density at radius 2 is 1.84 bits per heavy atom. The first-order valence-electron chi connectivity index (χ1n) is 5.58. The van der Waals surface area contributed by atoms with E-state index in [1.54, 1.807) is 19.1 Å². The van der Waals surface area contributed by atoms with Gasteiger partial charge in [0, 0.05) is 6.07 Å². The Hall–Kier alpha value is -2.69. The molecule has 0 aromatic heterocycles. The van der Waals surface area contributed by atoms with Crippen LogP contribution in [0.15, 0.2) is 42.5 Å². The van der Waals surface area contributed by atoms with Crippen molar-refractivity contribution in [2.75, 3.05) is 0 Å². The third-order valence-electron chi connectivity index (χ3n) is 2.74. The summed E-state index contributed by atoms with van der Waals surface area (Å²) in [6, 6.07) is 10.3. The van der Waals surface area contributed by atoms with E-state index in [1.165, 1.54) is 30.3 Å². The summed E-state index contributed by atoms with van der Waals surface area (Å²) in [6.45, 7) is 1.78. The number of nitrogens with zero attached hydrogens (tertiary/aromatic N) is 1. The van der Waals surface area contributed by atoms with Crippen molar-refractivity contribution in [3.8, 4) is 5.75 Å². The van der Waals surface area contributed by atoms with Gasteiger partial charge in [0.1, 0.15) is 11.3 Å². The molecule has 0 heterocycles. The maximum Gasteiger partial charge on any atom is 0.280 e. The standard InChI is InChI=1S/C14H11NO4/c1-9-6-7-11(13(16)8-9)14(17)10-4-2-3-5-12(10)15(18)19/h2-8,16H,1H3. The molecule has 0 radical (unpaired) electrons. The zero-order chi connectivity index (χ0) is 14.0. The van der Waals surface area contributed by atoms with Crippen molar-refractivity contribution in [3.63, 3.8) is 0 Å². The highest BCUT2D eigenvalue weighted by Gasteiger charge is 2.22. The lowest BCUT2D eigenvalue weighted by Gasteiger charge is -2.05. The van der Waals surface area contributed by atoms with E-state index in [0.29, 0.717) is 0 Å². The number of phenols is 1. The second kappa shape index (κ2) is 4.89. The van der Waals surface area contributed by atoms with Crippen LogP contribution < -0.4 is 0 Å². The Kier molecular flexibility index (Phi) is 3.29. The minimum Gasteiger partial charge on any atom is -0.507 e. The predicted octanol–water partition coefficient (Wildman–Crippen LogP) is 2.84. The van der Waals surface area contributed by atoms with Crippen LogP contribution in [0.25, 0.3) is 0 Å². The van der Waals surface area contributed by atoms with E-state index in [1.807, 2.05) is 0 Å². The third kappa shape index (κ3) is 2.44. The van der Waals surface area contributed by atoms with Crippen molar-refractivity contribution in [2.45, 2.75) is 6.92 Å². The number of benzene rings is 2. The molecule has 0 atom stereocenters. The summed E-state index contributed by atoms with van der Waals surface area (Å²) < 4.78 is 0. The summed E-state index contributed by atoms with van der Waals surface area (Å²) in [6.07, 6.45) is 0. The summed E-state index contributed by atoms with van der Waals surface area (Å²) in [5.41, 5.74) is 0.552. The van der Waals surface area contributed by atoms with Crippen molar-refractivity contribution >= 4 is 11.5 Å². The summed E-state index contributed by atoms with van der Waals surface area (Å²) in [4.78, 5) is 22.5. The average Bonchev–Trinajstić information content (AvgIpc) is 2.38. The summed E-state index contributed by atoms with van der Waals surface area (Å²) in [5.74, 6) is -0.743. The maximum absolute atomic E-state index is 12.2. The molecule has 0 fully saturated rings. The van der Waals surface area contributed by atoms with E-state index in [-0.39, 0.29) is 22.6 Å². The van der Waals surface area contributed by atoms with Crippen molar-refractivity contribution in [1.29, 1.82) is 0 Å². The van der Waals surface area contributed by atoms with Gasteiger partial charge in [-0.2, -0.15) is 0 Å². The number of nitro benzene ring substituents is 1. The number of carbonyl (C=O) groups excluding carboxylic acids is 1. The van der Waals surface area contributed by atoms with Crippen LogP contribution in [0.3, 0.4) is 0 Å². The molecule has 0 aliphatic heterocycles. The van der Waals surface area contributed by atoms with Gasteiger partial charge in [-0.3, -0.25) is 14.9 Å². The second-order valence-electron chi connectivity index (χ2n) is 4.12. The smallest absolute Gasteiger partial charge is 0.280 e. The molecule has 1 N–H and O–H groups in total. The van der Waals surface area contributed by atoms with Gasteiger partial charge in [0.2, 0.25) is 5.78 Å². The van der Waals surface area contributed by atoms with Crippen molar-refractivity contribution < 1.29 is 14.8 Å². The van der Waals surface area contributed by atoms with Crippen LogP contribution in [0.1, 0.15) is 21.5 Å². The summed E-state index contributed by atoms with van der Waals surface area (Å²) in [7, 11) is 0. The lowest BCUT2D eigenvalue weighted by molar-refractivity contribution is -0.385. The summed E-state index contributed by atoms with van der Waals surface area (Å²) in [5, 5.41) is 20.6. The zero-order valence-corrected chi connectivity index (χ0v) is 10.2. The van der Waals surface area contributed by atoms with E-state index in [0.717, 1.165) is 5.56 Å². The predicted molar refractivity (Wildman–Crippen MR) is 69.4 cm³/mol. The molecular formula is C14H11NO4. The number of hydrogen-bond donors (Lipinski definition) is 1. The molecule has 0 spiro atoms. The summed E-state index contributed by atoms with van der Waals surface area (Å²) >= 11 is 0. The number of hydrogen-bond acceptors (Lipinski definition) is 4. The van der Waals surface area contributed by atoms with Crippen LogP contribution in [0.2, 0.25) is 0 Å². The van der Waals surface area contributed by atoms with Gasteiger partial charge in [-0.15, -0.1) is 0 Å².